The van der Waals surface area contributed by atoms with E-state index in [0.717, 1.165) is 0 Å². The fraction of sp³-hybridized carbons (Fsp3) is 0. The van der Waals surface area contributed by atoms with Gasteiger partial charge in [-0.3, -0.25) is 14.4 Å². The number of aliphatic carboxylic acids is 3. The van der Waals surface area contributed by atoms with Crippen LogP contribution >= 0.6 is 0 Å². The molecule has 0 saturated heterocycles. The zero-order valence-corrected chi connectivity index (χ0v) is 11.3. The third kappa shape index (κ3) is 77.6. The van der Waals surface area contributed by atoms with Gasteiger partial charge < -0.3 is 15.3 Å². The molecule has 0 atom stereocenters. The van der Waals surface area contributed by atoms with Gasteiger partial charge >= 0.3 is 17.9 Å². The molecule has 0 unspecified atom stereocenters. The molecule has 1 radical (unpaired) electrons. The van der Waals surface area contributed by atoms with Crippen LogP contribution in [0.3, 0.4) is 0 Å². The summed E-state index contributed by atoms with van der Waals surface area (Å²) in [7, 11) is 0. The fourth-order valence-electron chi connectivity index (χ4n) is 0. The smallest absolute Gasteiger partial charge is 0.368 e. The fourth-order valence-corrected chi connectivity index (χ4v) is 0. The molecule has 0 saturated carbocycles. The van der Waals surface area contributed by atoms with Gasteiger partial charge in [-0.15, -0.1) is 0 Å². The Hall–Kier alpha value is -1.22. The summed E-state index contributed by atoms with van der Waals surface area (Å²) in [6.07, 6.45) is -0.500. The van der Waals surface area contributed by atoms with Gasteiger partial charge in [0.05, 0.1) is 0 Å². The minimum Gasteiger partial charge on any atom is -0.476 e. The Balaban J connectivity index is -0.0000000655. The maximum absolute atomic E-state index is 9.00. The van der Waals surface area contributed by atoms with Crippen molar-refractivity contribution in [1.82, 2.24) is 0 Å². The first kappa shape index (κ1) is 24.2. The summed E-state index contributed by atoms with van der Waals surface area (Å²) in [6.45, 7) is 0. The van der Waals surface area contributed by atoms with Crippen LogP contribution in [0.2, 0.25) is 0 Å². The molecule has 0 heterocycles. The van der Waals surface area contributed by atoms with Crippen LogP contribution in [0.4, 0.5) is 0 Å². The van der Waals surface area contributed by atoms with Gasteiger partial charge in [0, 0.05) is 41.3 Å². The first-order chi connectivity index (χ1) is 6.81. The molecule has 87 valence electrons. The molecular formula is C6H6O9Pr. The van der Waals surface area contributed by atoms with Gasteiger partial charge in [0.15, 0.2) is 0 Å². The van der Waals surface area contributed by atoms with Crippen molar-refractivity contribution in [2.75, 3.05) is 0 Å². The van der Waals surface area contributed by atoms with E-state index in [1.165, 1.54) is 0 Å². The quantitative estimate of drug-likeness (QED) is 0.373. The molecule has 16 heavy (non-hydrogen) atoms. The van der Waals surface area contributed by atoms with E-state index in [1.807, 2.05) is 0 Å². The zero-order valence-electron chi connectivity index (χ0n) is 7.60. The molecule has 0 aliphatic heterocycles. The molecule has 0 spiro atoms. The summed E-state index contributed by atoms with van der Waals surface area (Å²) >= 11 is 0. The molecular weight excluding hydrogens is 357 g/mol. The first-order valence-electron chi connectivity index (χ1n) is 2.86. The number of carboxylic acids is 3. The molecule has 0 aromatic heterocycles. The van der Waals surface area contributed by atoms with Crippen molar-refractivity contribution in [2.45, 2.75) is 0 Å². The zero-order chi connectivity index (χ0) is 12.9. The van der Waals surface area contributed by atoms with Gasteiger partial charge in [-0.25, -0.2) is 14.4 Å². The van der Waals surface area contributed by atoms with Crippen molar-refractivity contribution in [3.8, 4) is 0 Å². The normalized spacial score (nSPS) is 6.00. The molecule has 0 bridgehead atoms. The van der Waals surface area contributed by atoms with E-state index in [2.05, 4.69) is 0 Å². The predicted octanol–water partition coefficient (Wildman–Crippen LogP) is -2.19. The predicted molar refractivity (Wildman–Crippen MR) is 41.1 cm³/mol. The molecule has 0 rings (SSSR count). The topological polar surface area (TPSA) is 163 Å². The summed E-state index contributed by atoms with van der Waals surface area (Å²) in [6, 6.07) is 0. The first-order valence-corrected chi connectivity index (χ1v) is 2.86. The molecule has 10 heteroatoms. The third-order valence-corrected chi connectivity index (χ3v) is 0.302. The van der Waals surface area contributed by atoms with Crippen LogP contribution in [0.15, 0.2) is 0 Å². The third-order valence-electron chi connectivity index (χ3n) is 0.302. The van der Waals surface area contributed by atoms with Crippen molar-refractivity contribution in [2.24, 2.45) is 0 Å². The van der Waals surface area contributed by atoms with Crippen molar-refractivity contribution < 1.29 is 85.4 Å². The van der Waals surface area contributed by atoms with Crippen LogP contribution < -0.4 is 0 Å². The van der Waals surface area contributed by atoms with Crippen LogP contribution in [0.1, 0.15) is 0 Å². The average molecular weight is 363 g/mol. The number of carbonyl (C=O) groups excluding carboxylic acids is 3. The Bertz CT molecular complexity index is 216. The van der Waals surface area contributed by atoms with E-state index in [0.29, 0.717) is 0 Å². The average Bonchev–Trinajstić information content (AvgIpc) is 2.19. The Kier molecular flexibility index (Phi) is 29.2. The summed E-state index contributed by atoms with van der Waals surface area (Å²) < 4.78 is 0. The Morgan fingerprint density at radius 2 is 0.688 bits per heavy atom. The monoisotopic (exact) mass is 363 g/mol. The van der Waals surface area contributed by atoms with Crippen LogP contribution in [-0.4, -0.2) is 52.1 Å². The number of rotatable bonds is 3. The largest absolute Gasteiger partial charge is 0.476 e. The number of carbonyl (C=O) groups is 6. The molecule has 0 fully saturated rings. The molecule has 3 N–H and O–H groups in total. The second kappa shape index (κ2) is 19.4. The molecule has 0 aliphatic carbocycles. The van der Waals surface area contributed by atoms with Gasteiger partial charge in [-0.2, -0.15) is 0 Å². The SMILES string of the molecule is O=CC(=O)O.O=CC(=O)O.O=CC(=O)O.[Pr]. The summed E-state index contributed by atoms with van der Waals surface area (Å²) in [5.41, 5.74) is 0. The standard InChI is InChI=1S/3C2H2O3.Pr/c3*3-1-2(4)5;/h3*1H,(H,4,5);. The molecule has 0 aromatic carbocycles. The number of carboxylic acid groups (broad SMARTS) is 3. The summed E-state index contributed by atoms with van der Waals surface area (Å²) in [5, 5.41) is 22.1. The van der Waals surface area contributed by atoms with Gasteiger partial charge in [0.25, 0.3) is 0 Å². The minimum atomic E-state index is -1.43. The van der Waals surface area contributed by atoms with Crippen molar-refractivity contribution in [1.29, 1.82) is 0 Å². The van der Waals surface area contributed by atoms with Crippen molar-refractivity contribution >= 4 is 36.8 Å². The Morgan fingerprint density at radius 3 is 0.688 bits per heavy atom. The van der Waals surface area contributed by atoms with E-state index in [1.54, 1.807) is 0 Å². The molecule has 0 aromatic rings. The van der Waals surface area contributed by atoms with Gasteiger partial charge in [-0.05, 0) is 0 Å². The second-order valence-electron chi connectivity index (χ2n) is 1.37. The summed E-state index contributed by atoms with van der Waals surface area (Å²) in [4.78, 5) is 53.7. The summed E-state index contributed by atoms with van der Waals surface area (Å²) in [5.74, 6) is -4.28. The van der Waals surface area contributed by atoms with E-state index in [9.17, 15) is 0 Å². The van der Waals surface area contributed by atoms with E-state index in [4.69, 9.17) is 44.1 Å². The van der Waals surface area contributed by atoms with Crippen LogP contribution in [0.25, 0.3) is 0 Å². The Labute approximate surface area is 121 Å². The number of aldehydes is 3. The van der Waals surface area contributed by atoms with Crippen molar-refractivity contribution in [3.05, 3.63) is 0 Å². The maximum atomic E-state index is 9.00. The second-order valence-corrected chi connectivity index (χ2v) is 1.37. The molecule has 0 amide bonds. The van der Waals surface area contributed by atoms with Gasteiger partial charge in [-0.1, -0.05) is 0 Å². The van der Waals surface area contributed by atoms with Gasteiger partial charge in [0.1, 0.15) is 0 Å². The maximum Gasteiger partial charge on any atom is 0.368 e. The minimum absolute atomic E-state index is 0. The van der Waals surface area contributed by atoms with Crippen LogP contribution in [0, 0.1) is 41.3 Å². The number of hydrogen-bond donors (Lipinski definition) is 3. The molecule has 9 nitrogen and oxygen atoms in total. The van der Waals surface area contributed by atoms with Crippen molar-refractivity contribution in [3.63, 3.8) is 0 Å². The van der Waals surface area contributed by atoms with Gasteiger partial charge in [0.2, 0.25) is 18.9 Å². The number of hydrogen-bond acceptors (Lipinski definition) is 6. The van der Waals surface area contributed by atoms with Crippen LogP contribution in [0.5, 0.6) is 0 Å². The van der Waals surface area contributed by atoms with E-state index in [-0.39, 0.29) is 60.2 Å². The van der Waals surface area contributed by atoms with E-state index < -0.39 is 17.9 Å². The van der Waals surface area contributed by atoms with Crippen LogP contribution in [-0.2, 0) is 28.8 Å². The van der Waals surface area contributed by atoms with E-state index >= 15 is 0 Å². The Morgan fingerprint density at radius 1 is 0.625 bits per heavy atom. The molecule has 0 aliphatic rings.